The third-order valence-corrected chi connectivity index (χ3v) is 4.45. The van der Waals surface area contributed by atoms with Gasteiger partial charge in [0.2, 0.25) is 0 Å². The molecule has 0 aromatic rings. The predicted octanol–water partition coefficient (Wildman–Crippen LogP) is 3.09. The van der Waals surface area contributed by atoms with E-state index in [1.54, 1.807) is 0 Å². The van der Waals surface area contributed by atoms with Crippen LogP contribution in [0.3, 0.4) is 0 Å². The van der Waals surface area contributed by atoms with Crippen molar-refractivity contribution in [3.63, 3.8) is 0 Å². The molecule has 0 aromatic heterocycles. The summed E-state index contributed by atoms with van der Waals surface area (Å²) in [5.74, 6) is 3.31. The van der Waals surface area contributed by atoms with Gasteiger partial charge in [0, 0.05) is 5.92 Å². The first-order valence-corrected chi connectivity index (χ1v) is 5.32. The van der Waals surface area contributed by atoms with Crippen molar-refractivity contribution in [1.82, 2.24) is 0 Å². The van der Waals surface area contributed by atoms with E-state index in [1.807, 2.05) is 0 Å². The first kappa shape index (κ1) is 7.72. The summed E-state index contributed by atoms with van der Waals surface area (Å²) in [6.45, 7) is 2.10. The lowest BCUT2D eigenvalue weighted by Gasteiger charge is -2.41. The molecule has 0 radical (unpaired) electrons. The topological polar surface area (TPSA) is 29.4 Å². The first-order chi connectivity index (χ1) is 6.29. The highest BCUT2D eigenvalue weighted by Gasteiger charge is 2.50. The van der Waals surface area contributed by atoms with Gasteiger partial charge >= 0.3 is 0 Å². The van der Waals surface area contributed by atoms with E-state index in [1.165, 1.54) is 24.8 Å². The molecule has 4 atom stereocenters. The van der Waals surface area contributed by atoms with Crippen LogP contribution in [-0.4, -0.2) is 0 Å². The fraction of sp³-hybridized carbons (Fsp3) is 0.818. The van der Waals surface area contributed by atoms with E-state index in [0.717, 1.165) is 29.9 Å². The maximum Gasteiger partial charge on any atom is 0.0869 e. The molecule has 0 N–H and O–H groups in total. The van der Waals surface area contributed by atoms with Crippen molar-refractivity contribution in [3.05, 3.63) is 16.2 Å². The van der Waals surface area contributed by atoms with Gasteiger partial charge in [0.1, 0.15) is 0 Å². The second kappa shape index (κ2) is 2.43. The quantitative estimate of drug-likeness (QED) is 0.566. The van der Waals surface area contributed by atoms with E-state index in [4.69, 9.17) is 0 Å². The third-order valence-electron chi connectivity index (χ3n) is 4.45. The monoisotopic (exact) mass is 177 g/mol. The molecule has 0 aromatic carbocycles. The predicted molar refractivity (Wildman–Crippen MR) is 50.9 cm³/mol. The highest BCUT2D eigenvalue weighted by molar-refractivity contribution is 5.22. The Morgan fingerprint density at radius 1 is 1.23 bits per heavy atom. The average Bonchev–Trinajstić information content (AvgIpc) is 2.34. The summed E-state index contributed by atoms with van der Waals surface area (Å²) in [6.07, 6.45) is 5.08. The summed E-state index contributed by atoms with van der Waals surface area (Å²) in [7, 11) is 0. The van der Waals surface area contributed by atoms with E-state index in [0.29, 0.717) is 5.92 Å². The van der Waals surface area contributed by atoms with Gasteiger partial charge in [-0.05, 0) is 61.1 Å². The van der Waals surface area contributed by atoms with Crippen molar-refractivity contribution in [2.45, 2.75) is 32.6 Å². The highest BCUT2D eigenvalue weighted by atomic mass is 16.3. The largest absolute Gasteiger partial charge is 0.145 e. The Labute approximate surface area is 78.4 Å². The van der Waals surface area contributed by atoms with Crippen LogP contribution in [0.25, 0.3) is 0 Å². The standard InChI is InChI=1S/C11H15NO/c1-6-2-7-3-8-4-9(5-10(7)8)11(6)12-13/h7-10H,2-5H2,1H3. The molecule has 0 amide bonds. The van der Waals surface area contributed by atoms with Crippen LogP contribution in [0.1, 0.15) is 32.6 Å². The van der Waals surface area contributed by atoms with E-state index in [9.17, 15) is 4.91 Å². The fourth-order valence-corrected chi connectivity index (χ4v) is 3.83. The fourth-order valence-electron chi connectivity index (χ4n) is 3.83. The van der Waals surface area contributed by atoms with Gasteiger partial charge in [0.05, 0.1) is 5.70 Å². The van der Waals surface area contributed by atoms with Crippen LogP contribution in [0.15, 0.2) is 16.4 Å². The lowest BCUT2D eigenvalue weighted by Crippen LogP contribution is -2.32. The normalized spacial score (nSPS) is 47.2. The Bertz CT molecular complexity index is 294. The van der Waals surface area contributed by atoms with Gasteiger partial charge in [-0.2, -0.15) is 0 Å². The van der Waals surface area contributed by atoms with Crippen molar-refractivity contribution < 1.29 is 0 Å². The Morgan fingerprint density at radius 3 is 2.85 bits per heavy atom. The van der Waals surface area contributed by atoms with Crippen molar-refractivity contribution in [1.29, 1.82) is 0 Å². The van der Waals surface area contributed by atoms with Crippen molar-refractivity contribution >= 4 is 0 Å². The SMILES string of the molecule is CC1=C(N=O)C2CC3CC(C1)C3C2. The summed E-state index contributed by atoms with van der Waals surface area (Å²) in [5, 5.41) is 3.25. The zero-order valence-corrected chi connectivity index (χ0v) is 7.99. The van der Waals surface area contributed by atoms with Gasteiger partial charge in [-0.15, -0.1) is 4.91 Å². The van der Waals surface area contributed by atoms with Crippen LogP contribution >= 0.6 is 0 Å². The molecule has 2 bridgehead atoms. The number of allylic oxidation sites excluding steroid dienone is 2. The van der Waals surface area contributed by atoms with Crippen LogP contribution in [0.5, 0.6) is 0 Å². The summed E-state index contributed by atoms with van der Waals surface area (Å²) < 4.78 is 0. The Kier molecular flexibility index (Phi) is 1.44. The highest BCUT2D eigenvalue weighted by Crippen LogP contribution is 2.59. The van der Waals surface area contributed by atoms with Crippen LogP contribution < -0.4 is 0 Å². The first-order valence-electron chi connectivity index (χ1n) is 5.32. The zero-order chi connectivity index (χ0) is 9.00. The molecule has 3 aliphatic carbocycles. The van der Waals surface area contributed by atoms with Crippen molar-refractivity contribution in [2.75, 3.05) is 0 Å². The van der Waals surface area contributed by atoms with E-state index < -0.39 is 0 Å². The number of rotatable bonds is 1. The van der Waals surface area contributed by atoms with E-state index >= 15 is 0 Å². The maximum absolute atomic E-state index is 10.7. The lowest BCUT2D eigenvalue weighted by atomic mass is 9.64. The zero-order valence-electron chi connectivity index (χ0n) is 7.99. The molecule has 70 valence electrons. The second-order valence-electron chi connectivity index (χ2n) is 5.05. The molecule has 4 unspecified atom stereocenters. The minimum Gasteiger partial charge on any atom is -0.145 e. The number of hydrogen-bond donors (Lipinski definition) is 0. The molecule has 0 aliphatic heterocycles. The lowest BCUT2D eigenvalue weighted by molar-refractivity contribution is 0.103. The summed E-state index contributed by atoms with van der Waals surface area (Å²) >= 11 is 0. The minimum absolute atomic E-state index is 0.528. The molecule has 0 spiro atoms. The Hall–Kier alpha value is -0.660. The molecule has 0 heterocycles. The number of hydrogen-bond acceptors (Lipinski definition) is 2. The Morgan fingerprint density at radius 2 is 2.08 bits per heavy atom. The van der Waals surface area contributed by atoms with Crippen LogP contribution in [0.4, 0.5) is 0 Å². The van der Waals surface area contributed by atoms with Gasteiger partial charge in [0.25, 0.3) is 0 Å². The second-order valence-corrected chi connectivity index (χ2v) is 5.05. The van der Waals surface area contributed by atoms with Gasteiger partial charge in [-0.3, -0.25) is 0 Å². The summed E-state index contributed by atoms with van der Waals surface area (Å²) in [6, 6.07) is 0. The molecule has 2 fully saturated rings. The van der Waals surface area contributed by atoms with E-state index in [2.05, 4.69) is 12.1 Å². The third kappa shape index (κ3) is 0.890. The average molecular weight is 177 g/mol. The van der Waals surface area contributed by atoms with Crippen LogP contribution in [0.2, 0.25) is 0 Å². The molecule has 2 nitrogen and oxygen atoms in total. The molecule has 2 saturated carbocycles. The Balaban J connectivity index is 2.01. The van der Waals surface area contributed by atoms with Crippen molar-refractivity contribution in [3.8, 4) is 0 Å². The smallest absolute Gasteiger partial charge is 0.0869 e. The summed E-state index contributed by atoms with van der Waals surface area (Å²) in [4.78, 5) is 10.7. The van der Waals surface area contributed by atoms with Gasteiger partial charge in [-0.1, -0.05) is 0 Å². The van der Waals surface area contributed by atoms with Crippen molar-refractivity contribution in [2.24, 2.45) is 28.8 Å². The molecular weight excluding hydrogens is 162 g/mol. The molecule has 3 rings (SSSR count). The maximum atomic E-state index is 10.7. The molecule has 13 heavy (non-hydrogen) atoms. The molecule has 0 saturated heterocycles. The minimum atomic E-state index is 0.528. The number of nitrogens with zero attached hydrogens (tertiary/aromatic N) is 1. The number of nitroso groups, excluding NO2 is 1. The van der Waals surface area contributed by atoms with Crippen LogP contribution in [-0.2, 0) is 0 Å². The van der Waals surface area contributed by atoms with Gasteiger partial charge in [0.15, 0.2) is 0 Å². The number of fused-ring (bicyclic) bond motifs is 1. The summed E-state index contributed by atoms with van der Waals surface area (Å²) in [5.41, 5.74) is 2.19. The molecule has 2 heteroatoms. The van der Waals surface area contributed by atoms with E-state index in [-0.39, 0.29) is 0 Å². The van der Waals surface area contributed by atoms with Crippen LogP contribution in [0, 0.1) is 28.6 Å². The van der Waals surface area contributed by atoms with Gasteiger partial charge in [-0.25, -0.2) is 0 Å². The molecule has 3 aliphatic rings. The van der Waals surface area contributed by atoms with Gasteiger partial charge < -0.3 is 0 Å². The molecular formula is C11H15NO.